The third kappa shape index (κ3) is 3.43. The van der Waals surface area contributed by atoms with Crippen LogP contribution in [-0.4, -0.2) is 40.1 Å². The monoisotopic (exact) mass is 340 g/mol. The van der Waals surface area contributed by atoms with E-state index in [2.05, 4.69) is 4.98 Å². The number of piperidine rings is 1. The van der Waals surface area contributed by atoms with Gasteiger partial charge in [0.2, 0.25) is 5.89 Å². The summed E-state index contributed by atoms with van der Waals surface area (Å²) in [6, 6.07) is 4.38. The van der Waals surface area contributed by atoms with Crippen molar-refractivity contribution in [3.8, 4) is 11.5 Å². The summed E-state index contributed by atoms with van der Waals surface area (Å²) in [7, 11) is 0. The van der Waals surface area contributed by atoms with Crippen LogP contribution in [-0.2, 0) is 6.18 Å². The SMILES string of the molecule is O=C(c1coc(-c2ccc(C(F)(F)F)cc2)n1)N1CCC(O)CC1. The molecule has 0 bridgehead atoms. The molecular formula is C16H15F3N2O3. The van der Waals surface area contributed by atoms with E-state index in [1.54, 1.807) is 4.90 Å². The Kier molecular flexibility index (Phi) is 4.31. The van der Waals surface area contributed by atoms with Crippen LogP contribution in [0.3, 0.4) is 0 Å². The van der Waals surface area contributed by atoms with Crippen LogP contribution in [0.1, 0.15) is 28.9 Å². The number of alkyl halides is 3. The Labute approximate surface area is 135 Å². The van der Waals surface area contributed by atoms with Gasteiger partial charge in [-0.15, -0.1) is 0 Å². The highest BCUT2D eigenvalue weighted by molar-refractivity contribution is 5.92. The Hall–Kier alpha value is -2.35. The van der Waals surface area contributed by atoms with Gasteiger partial charge in [-0.25, -0.2) is 4.98 Å². The third-order valence-corrected chi connectivity index (χ3v) is 3.93. The molecule has 0 spiro atoms. The van der Waals surface area contributed by atoms with Gasteiger partial charge in [-0.05, 0) is 37.1 Å². The summed E-state index contributed by atoms with van der Waals surface area (Å²) in [6.45, 7) is 0.866. The molecular weight excluding hydrogens is 325 g/mol. The highest BCUT2D eigenvalue weighted by atomic mass is 19.4. The molecule has 0 saturated carbocycles. The Bertz CT molecular complexity index is 717. The van der Waals surface area contributed by atoms with E-state index in [0.29, 0.717) is 31.5 Å². The summed E-state index contributed by atoms with van der Waals surface area (Å²) in [6.07, 6.45) is -2.59. The molecule has 1 N–H and O–H groups in total. The largest absolute Gasteiger partial charge is 0.444 e. The number of hydrogen-bond donors (Lipinski definition) is 1. The first-order chi connectivity index (χ1) is 11.3. The fourth-order valence-corrected chi connectivity index (χ4v) is 2.54. The van der Waals surface area contributed by atoms with Gasteiger partial charge in [0.15, 0.2) is 5.69 Å². The molecule has 24 heavy (non-hydrogen) atoms. The molecule has 2 heterocycles. The van der Waals surface area contributed by atoms with Crippen LogP contribution in [0, 0.1) is 0 Å². The summed E-state index contributed by atoms with van der Waals surface area (Å²) in [5.74, 6) is -0.229. The van der Waals surface area contributed by atoms with Gasteiger partial charge in [0.25, 0.3) is 5.91 Å². The summed E-state index contributed by atoms with van der Waals surface area (Å²) in [5, 5.41) is 9.46. The van der Waals surface area contributed by atoms with E-state index in [4.69, 9.17) is 4.42 Å². The second kappa shape index (κ2) is 6.27. The number of carbonyl (C=O) groups is 1. The van der Waals surface area contributed by atoms with Gasteiger partial charge in [0.05, 0.1) is 11.7 Å². The van der Waals surface area contributed by atoms with Crippen molar-refractivity contribution in [2.24, 2.45) is 0 Å². The van der Waals surface area contributed by atoms with Gasteiger partial charge in [0.1, 0.15) is 6.26 Å². The number of nitrogens with zero attached hydrogens (tertiary/aromatic N) is 2. The number of halogens is 3. The van der Waals surface area contributed by atoms with Gasteiger partial charge < -0.3 is 14.4 Å². The van der Waals surface area contributed by atoms with E-state index >= 15 is 0 Å². The van der Waals surface area contributed by atoms with Crippen LogP contribution in [0.5, 0.6) is 0 Å². The van der Waals surface area contributed by atoms with Gasteiger partial charge >= 0.3 is 6.18 Å². The van der Waals surface area contributed by atoms with E-state index < -0.39 is 17.8 Å². The van der Waals surface area contributed by atoms with Crippen molar-refractivity contribution >= 4 is 5.91 Å². The van der Waals surface area contributed by atoms with Crippen molar-refractivity contribution in [2.75, 3.05) is 13.1 Å². The zero-order chi connectivity index (χ0) is 17.3. The van der Waals surface area contributed by atoms with E-state index in [-0.39, 0.29) is 17.5 Å². The number of rotatable bonds is 2. The van der Waals surface area contributed by atoms with Crippen molar-refractivity contribution in [3.63, 3.8) is 0 Å². The third-order valence-electron chi connectivity index (χ3n) is 3.93. The molecule has 1 saturated heterocycles. The molecule has 0 aliphatic carbocycles. The van der Waals surface area contributed by atoms with Gasteiger partial charge in [-0.2, -0.15) is 13.2 Å². The van der Waals surface area contributed by atoms with Crippen LogP contribution in [0.15, 0.2) is 34.9 Å². The predicted octanol–water partition coefficient (Wildman–Crippen LogP) is 2.96. The van der Waals surface area contributed by atoms with E-state index in [1.165, 1.54) is 18.4 Å². The average Bonchev–Trinajstić information content (AvgIpc) is 3.04. The van der Waals surface area contributed by atoms with Gasteiger partial charge in [-0.3, -0.25) is 4.79 Å². The summed E-state index contributed by atoms with van der Waals surface area (Å²) in [5.41, 5.74) is -0.307. The molecule has 0 unspecified atom stereocenters. The lowest BCUT2D eigenvalue weighted by atomic mass is 10.1. The topological polar surface area (TPSA) is 66.6 Å². The number of aliphatic hydroxyl groups excluding tert-OH is 1. The molecule has 0 atom stereocenters. The molecule has 1 aliphatic rings. The molecule has 0 radical (unpaired) electrons. The molecule has 8 heteroatoms. The first-order valence-electron chi connectivity index (χ1n) is 7.45. The first-order valence-corrected chi connectivity index (χ1v) is 7.45. The minimum Gasteiger partial charge on any atom is -0.444 e. The number of carbonyl (C=O) groups excluding carboxylic acids is 1. The molecule has 1 aliphatic heterocycles. The fourth-order valence-electron chi connectivity index (χ4n) is 2.54. The fraction of sp³-hybridized carbons (Fsp3) is 0.375. The van der Waals surface area contributed by atoms with Crippen molar-refractivity contribution in [1.82, 2.24) is 9.88 Å². The van der Waals surface area contributed by atoms with Gasteiger partial charge in [0, 0.05) is 18.7 Å². The quantitative estimate of drug-likeness (QED) is 0.913. The van der Waals surface area contributed by atoms with Crippen molar-refractivity contribution in [2.45, 2.75) is 25.1 Å². The van der Waals surface area contributed by atoms with Crippen LogP contribution < -0.4 is 0 Å². The number of benzene rings is 1. The first kappa shape index (κ1) is 16.5. The van der Waals surface area contributed by atoms with Gasteiger partial charge in [-0.1, -0.05) is 0 Å². The van der Waals surface area contributed by atoms with Crippen molar-refractivity contribution < 1.29 is 27.5 Å². The number of hydrogen-bond acceptors (Lipinski definition) is 4. The molecule has 3 rings (SSSR count). The zero-order valence-corrected chi connectivity index (χ0v) is 12.6. The Morgan fingerprint density at radius 2 is 1.83 bits per heavy atom. The second-order valence-electron chi connectivity index (χ2n) is 5.64. The molecule has 1 fully saturated rings. The minimum absolute atomic E-state index is 0.0871. The molecule has 1 aromatic heterocycles. The molecule has 128 valence electrons. The van der Waals surface area contributed by atoms with Crippen LogP contribution in [0.25, 0.3) is 11.5 Å². The van der Waals surface area contributed by atoms with E-state index in [9.17, 15) is 23.1 Å². The Morgan fingerprint density at radius 1 is 1.21 bits per heavy atom. The maximum Gasteiger partial charge on any atom is 0.416 e. The second-order valence-corrected chi connectivity index (χ2v) is 5.64. The molecule has 1 aromatic carbocycles. The Morgan fingerprint density at radius 3 is 2.42 bits per heavy atom. The van der Waals surface area contributed by atoms with E-state index in [0.717, 1.165) is 12.1 Å². The minimum atomic E-state index is -4.41. The average molecular weight is 340 g/mol. The molecule has 5 nitrogen and oxygen atoms in total. The highest BCUT2D eigenvalue weighted by Crippen LogP contribution is 2.30. The lowest BCUT2D eigenvalue weighted by Crippen LogP contribution is -2.40. The predicted molar refractivity (Wildman–Crippen MR) is 78.1 cm³/mol. The maximum absolute atomic E-state index is 12.6. The van der Waals surface area contributed by atoms with Crippen LogP contribution in [0.2, 0.25) is 0 Å². The normalized spacial score (nSPS) is 16.4. The number of likely N-dealkylation sites (tertiary alicyclic amines) is 1. The lowest BCUT2D eigenvalue weighted by molar-refractivity contribution is -0.137. The van der Waals surface area contributed by atoms with Crippen LogP contribution >= 0.6 is 0 Å². The molecule has 1 amide bonds. The van der Waals surface area contributed by atoms with Crippen molar-refractivity contribution in [1.29, 1.82) is 0 Å². The van der Waals surface area contributed by atoms with E-state index in [1.807, 2.05) is 0 Å². The number of amides is 1. The number of aromatic nitrogens is 1. The number of aliphatic hydroxyl groups is 1. The summed E-state index contributed by atoms with van der Waals surface area (Å²) in [4.78, 5) is 17.9. The smallest absolute Gasteiger partial charge is 0.416 e. The van der Waals surface area contributed by atoms with Crippen LogP contribution in [0.4, 0.5) is 13.2 Å². The highest BCUT2D eigenvalue weighted by Gasteiger charge is 2.30. The summed E-state index contributed by atoms with van der Waals surface area (Å²) < 4.78 is 42.9. The zero-order valence-electron chi connectivity index (χ0n) is 12.6. The number of oxazole rings is 1. The standard InChI is InChI=1S/C16H15F3N2O3/c17-16(18,19)11-3-1-10(2-4-11)14-20-13(9-24-14)15(23)21-7-5-12(22)6-8-21/h1-4,9,12,22H,5-8H2. The lowest BCUT2D eigenvalue weighted by Gasteiger charge is -2.28. The molecule has 2 aromatic rings. The maximum atomic E-state index is 12.6. The Balaban J connectivity index is 1.74. The van der Waals surface area contributed by atoms with Crippen molar-refractivity contribution in [3.05, 3.63) is 41.8 Å². The summed E-state index contributed by atoms with van der Waals surface area (Å²) >= 11 is 0.